The smallest absolute Gasteiger partial charge is 0.289 e. The van der Waals surface area contributed by atoms with Crippen molar-refractivity contribution in [3.8, 4) is 0 Å². The number of epoxide rings is 1. The first-order chi connectivity index (χ1) is 15.1. The lowest BCUT2D eigenvalue weighted by atomic mass is 9.85. The van der Waals surface area contributed by atoms with Gasteiger partial charge in [0.05, 0.1) is 6.04 Å². The zero-order valence-corrected chi connectivity index (χ0v) is 17.4. The van der Waals surface area contributed by atoms with Crippen molar-refractivity contribution in [2.24, 2.45) is 0 Å². The molecule has 3 aromatic rings. The number of H-pyrrole nitrogens is 1. The van der Waals surface area contributed by atoms with Gasteiger partial charge in [0.1, 0.15) is 11.9 Å². The fourth-order valence-corrected chi connectivity index (χ4v) is 5.00. The lowest BCUT2D eigenvalue weighted by Gasteiger charge is -2.31. The van der Waals surface area contributed by atoms with E-state index >= 15 is 0 Å². The van der Waals surface area contributed by atoms with Crippen molar-refractivity contribution >= 4 is 11.6 Å². The van der Waals surface area contributed by atoms with E-state index in [2.05, 4.69) is 56.7 Å². The summed E-state index contributed by atoms with van der Waals surface area (Å²) in [6.07, 6.45) is 3.77. The Morgan fingerprint density at radius 1 is 1.16 bits per heavy atom. The SMILES string of the molecule is CN1c2ccccc2C2(CC2)C[C@H](NC(=O)c2nnc(Cc3ccccc3)[nH]2)C2OC21. The molecule has 2 unspecified atom stereocenters. The van der Waals surface area contributed by atoms with Crippen LogP contribution in [0.3, 0.4) is 0 Å². The van der Waals surface area contributed by atoms with Gasteiger partial charge in [-0.15, -0.1) is 10.2 Å². The molecule has 3 heterocycles. The van der Waals surface area contributed by atoms with Gasteiger partial charge in [-0.2, -0.15) is 0 Å². The molecule has 2 N–H and O–H groups in total. The maximum absolute atomic E-state index is 13.0. The zero-order valence-electron chi connectivity index (χ0n) is 17.4. The first kappa shape index (κ1) is 18.6. The molecule has 7 nitrogen and oxygen atoms in total. The van der Waals surface area contributed by atoms with E-state index in [0.717, 1.165) is 24.8 Å². The number of para-hydroxylation sites is 1. The summed E-state index contributed by atoms with van der Waals surface area (Å²) in [6, 6.07) is 18.6. The monoisotopic (exact) mass is 415 g/mol. The van der Waals surface area contributed by atoms with Crippen LogP contribution in [-0.4, -0.2) is 46.5 Å². The highest BCUT2D eigenvalue weighted by Crippen LogP contribution is 2.57. The number of ether oxygens (including phenoxy) is 1. The van der Waals surface area contributed by atoms with E-state index in [0.29, 0.717) is 12.2 Å². The van der Waals surface area contributed by atoms with E-state index < -0.39 is 0 Å². The summed E-state index contributed by atoms with van der Waals surface area (Å²) >= 11 is 0. The van der Waals surface area contributed by atoms with Crippen LogP contribution in [0, 0.1) is 0 Å². The molecule has 31 heavy (non-hydrogen) atoms. The van der Waals surface area contributed by atoms with Gasteiger partial charge in [0.15, 0.2) is 6.23 Å². The van der Waals surface area contributed by atoms with Crippen molar-refractivity contribution in [2.75, 3.05) is 11.9 Å². The van der Waals surface area contributed by atoms with Crippen molar-refractivity contribution < 1.29 is 9.53 Å². The largest absolute Gasteiger partial charge is 0.347 e. The Labute approximate surface area is 180 Å². The predicted octanol–water partition coefficient (Wildman–Crippen LogP) is 2.79. The number of aromatic nitrogens is 3. The molecule has 1 amide bonds. The topological polar surface area (TPSA) is 86.4 Å². The normalized spacial score (nSPS) is 25.2. The minimum atomic E-state index is -0.224. The molecule has 1 saturated carbocycles. The third-order valence-electron chi connectivity index (χ3n) is 6.88. The van der Waals surface area contributed by atoms with Crippen molar-refractivity contribution in [1.82, 2.24) is 20.5 Å². The molecule has 3 atom stereocenters. The Bertz CT molecular complexity index is 1120. The molecule has 6 rings (SSSR count). The number of fused-ring (bicyclic) bond motifs is 3. The molecule has 0 bridgehead atoms. The summed E-state index contributed by atoms with van der Waals surface area (Å²) < 4.78 is 6.03. The van der Waals surface area contributed by atoms with Gasteiger partial charge >= 0.3 is 0 Å². The number of aromatic amines is 1. The number of rotatable bonds is 4. The molecule has 1 aromatic heterocycles. The third-order valence-corrected chi connectivity index (χ3v) is 6.88. The van der Waals surface area contributed by atoms with Gasteiger partial charge in [0.25, 0.3) is 5.91 Å². The van der Waals surface area contributed by atoms with E-state index in [9.17, 15) is 4.79 Å². The summed E-state index contributed by atoms with van der Waals surface area (Å²) in [4.78, 5) is 18.3. The molecule has 0 radical (unpaired) electrons. The van der Waals surface area contributed by atoms with Crippen molar-refractivity contribution in [1.29, 1.82) is 0 Å². The van der Waals surface area contributed by atoms with Crippen molar-refractivity contribution in [3.05, 3.63) is 77.4 Å². The molecule has 2 fully saturated rings. The first-order valence-electron chi connectivity index (χ1n) is 10.9. The van der Waals surface area contributed by atoms with E-state index in [1.165, 1.54) is 11.3 Å². The lowest BCUT2D eigenvalue weighted by Crippen LogP contribution is -2.45. The third kappa shape index (κ3) is 3.29. The second kappa shape index (κ2) is 6.92. The Hall–Kier alpha value is -3.19. The van der Waals surface area contributed by atoms with Crippen LogP contribution in [0.25, 0.3) is 0 Å². The summed E-state index contributed by atoms with van der Waals surface area (Å²) in [6.45, 7) is 0. The van der Waals surface area contributed by atoms with Gasteiger partial charge in [-0.05, 0) is 41.9 Å². The average molecular weight is 415 g/mol. The average Bonchev–Trinajstić information content (AvgIpc) is 3.70. The van der Waals surface area contributed by atoms with Crippen LogP contribution < -0.4 is 10.2 Å². The Kier molecular flexibility index (Phi) is 4.14. The number of hydrogen-bond donors (Lipinski definition) is 2. The van der Waals surface area contributed by atoms with Gasteiger partial charge in [-0.3, -0.25) is 4.79 Å². The van der Waals surface area contributed by atoms with E-state index in [-0.39, 0.29) is 35.5 Å². The van der Waals surface area contributed by atoms with Crippen LogP contribution in [-0.2, 0) is 16.6 Å². The molecular weight excluding hydrogens is 390 g/mol. The molecule has 2 aliphatic heterocycles. The van der Waals surface area contributed by atoms with Gasteiger partial charge in [0, 0.05) is 19.2 Å². The van der Waals surface area contributed by atoms with Crippen LogP contribution in [0.1, 0.15) is 46.8 Å². The molecule has 158 valence electrons. The Morgan fingerprint density at radius 2 is 1.94 bits per heavy atom. The van der Waals surface area contributed by atoms with Gasteiger partial charge in [-0.25, -0.2) is 0 Å². The number of anilines is 1. The molecule has 1 saturated heterocycles. The van der Waals surface area contributed by atoms with Crippen molar-refractivity contribution in [3.63, 3.8) is 0 Å². The molecule has 1 spiro atoms. The van der Waals surface area contributed by atoms with Gasteiger partial charge < -0.3 is 19.9 Å². The number of nitrogens with one attached hydrogen (secondary N) is 2. The maximum Gasteiger partial charge on any atom is 0.289 e. The fraction of sp³-hybridized carbons (Fsp3) is 0.375. The number of nitrogens with zero attached hydrogens (tertiary/aromatic N) is 3. The highest BCUT2D eigenvalue weighted by atomic mass is 16.6. The van der Waals surface area contributed by atoms with Crippen LogP contribution in [0.15, 0.2) is 54.6 Å². The van der Waals surface area contributed by atoms with Crippen molar-refractivity contribution in [2.45, 2.75) is 49.5 Å². The van der Waals surface area contributed by atoms with Crippen LogP contribution >= 0.6 is 0 Å². The lowest BCUT2D eigenvalue weighted by molar-refractivity contribution is 0.0913. The number of carbonyl (C=O) groups is 1. The second-order valence-corrected chi connectivity index (χ2v) is 8.97. The quantitative estimate of drug-likeness (QED) is 0.640. The number of carbonyl (C=O) groups excluding carboxylic acids is 1. The fourth-order valence-electron chi connectivity index (χ4n) is 5.00. The van der Waals surface area contributed by atoms with Crippen LogP contribution in [0.2, 0.25) is 0 Å². The Balaban J connectivity index is 1.20. The second-order valence-electron chi connectivity index (χ2n) is 8.97. The minimum Gasteiger partial charge on any atom is -0.347 e. The summed E-state index contributed by atoms with van der Waals surface area (Å²) in [5.41, 5.74) is 3.87. The zero-order chi connectivity index (χ0) is 21.0. The van der Waals surface area contributed by atoms with E-state index in [1.54, 1.807) is 0 Å². The maximum atomic E-state index is 13.0. The molecule has 2 aromatic carbocycles. The molecule has 3 aliphatic rings. The number of amides is 1. The van der Waals surface area contributed by atoms with Crippen LogP contribution in [0.5, 0.6) is 0 Å². The van der Waals surface area contributed by atoms with Gasteiger partial charge in [-0.1, -0.05) is 48.5 Å². The summed E-state index contributed by atoms with van der Waals surface area (Å²) in [5, 5.41) is 11.5. The first-order valence-corrected chi connectivity index (χ1v) is 10.9. The number of hydrogen-bond acceptors (Lipinski definition) is 5. The minimum absolute atomic E-state index is 0.00788. The Morgan fingerprint density at radius 3 is 2.74 bits per heavy atom. The molecule has 1 aliphatic carbocycles. The predicted molar refractivity (Wildman–Crippen MR) is 116 cm³/mol. The van der Waals surface area contributed by atoms with E-state index in [1.807, 2.05) is 30.3 Å². The number of likely N-dealkylation sites (N-methyl/N-ethyl adjacent to an activating group) is 1. The number of benzene rings is 2. The molecule has 7 heteroatoms. The highest BCUT2D eigenvalue weighted by molar-refractivity contribution is 5.90. The highest BCUT2D eigenvalue weighted by Gasteiger charge is 2.57. The van der Waals surface area contributed by atoms with Gasteiger partial charge in [0.2, 0.25) is 5.82 Å². The summed E-state index contributed by atoms with van der Waals surface area (Å²) in [5.74, 6) is 0.712. The standard InChI is InChI=1S/C24H25N5O2/c1-29-18-10-6-5-9-16(18)24(11-12-24)14-17(20-23(29)31-20)25-22(30)21-26-19(27-28-21)13-15-7-3-2-4-8-15/h2-10,17,20,23H,11-14H2,1H3,(H,25,30)(H,26,27,28)/t17-,20?,23?/m0/s1. The molecular formula is C24H25N5O2. The van der Waals surface area contributed by atoms with Crippen LogP contribution in [0.4, 0.5) is 5.69 Å². The summed E-state index contributed by atoms with van der Waals surface area (Å²) in [7, 11) is 2.08. The van der Waals surface area contributed by atoms with E-state index in [4.69, 9.17) is 4.74 Å².